The highest BCUT2D eigenvalue weighted by Gasteiger charge is 2.28. The van der Waals surface area contributed by atoms with Crippen LogP contribution in [0.1, 0.15) is 40.2 Å². The molecular weight excluding hydrogens is 380 g/mol. The third kappa shape index (κ3) is 4.01. The molecule has 3 aromatic rings. The molecule has 0 radical (unpaired) electrons. The Morgan fingerprint density at radius 3 is 2.66 bits per heavy atom. The van der Waals surface area contributed by atoms with E-state index in [-0.39, 0.29) is 5.91 Å². The van der Waals surface area contributed by atoms with Crippen molar-refractivity contribution in [1.82, 2.24) is 4.90 Å². The van der Waals surface area contributed by atoms with Gasteiger partial charge in [-0.3, -0.25) is 4.79 Å². The van der Waals surface area contributed by atoms with Gasteiger partial charge in [0.15, 0.2) is 0 Å². The van der Waals surface area contributed by atoms with Gasteiger partial charge < -0.3 is 19.8 Å². The van der Waals surface area contributed by atoms with Crippen LogP contribution in [0, 0.1) is 0 Å². The topological polar surface area (TPSA) is 79.7 Å². The highest BCUT2D eigenvalue weighted by molar-refractivity contribution is 6.83. The van der Waals surface area contributed by atoms with Crippen molar-refractivity contribution in [2.75, 3.05) is 13.1 Å². The van der Waals surface area contributed by atoms with Gasteiger partial charge in [0, 0.05) is 25.0 Å². The van der Waals surface area contributed by atoms with E-state index in [4.69, 9.17) is 10.2 Å². The Hall–Kier alpha value is -2.41. The molecule has 1 fully saturated rings. The molecule has 0 atom stereocenters. The minimum absolute atomic E-state index is 0.00692. The van der Waals surface area contributed by atoms with Crippen LogP contribution in [0.5, 0.6) is 0 Å². The van der Waals surface area contributed by atoms with E-state index >= 15 is 0 Å². The van der Waals surface area contributed by atoms with Gasteiger partial charge in [0.05, 0.1) is 5.56 Å². The minimum Gasteiger partial charge on any atom is -0.463 e. The Bertz CT molecular complexity index is 1030. The van der Waals surface area contributed by atoms with Crippen LogP contribution >= 0.6 is 0 Å². The maximum absolute atomic E-state index is 13.2. The van der Waals surface area contributed by atoms with Crippen LogP contribution in [0.4, 0.5) is 0 Å². The van der Waals surface area contributed by atoms with Crippen LogP contribution in [-0.4, -0.2) is 37.0 Å². The van der Waals surface area contributed by atoms with E-state index in [1.54, 1.807) is 6.26 Å². The van der Waals surface area contributed by atoms with E-state index in [2.05, 4.69) is 24.3 Å². The van der Waals surface area contributed by atoms with Crippen molar-refractivity contribution >= 4 is 30.4 Å². The molecule has 1 aliphatic heterocycles. The number of hydrogen-bond donors (Lipinski definition) is 2. The molecule has 0 aliphatic carbocycles. The SMILES string of the molecule is C[Si](C)(O)c1ccc2occ(C(=O)N3CCC(c4cccc(CN)c4)CC3)c2c1. The first-order valence-corrected chi connectivity index (χ1v) is 13.1. The smallest absolute Gasteiger partial charge is 0.257 e. The number of nitrogens with zero attached hydrogens (tertiary/aromatic N) is 1. The number of nitrogens with two attached hydrogens (primary N) is 1. The lowest BCUT2D eigenvalue weighted by Crippen LogP contribution is -2.41. The van der Waals surface area contributed by atoms with Gasteiger partial charge in [-0.05, 0) is 60.3 Å². The maximum atomic E-state index is 13.2. The zero-order valence-corrected chi connectivity index (χ0v) is 18.0. The third-order valence-electron chi connectivity index (χ3n) is 5.95. The van der Waals surface area contributed by atoms with E-state index in [0.717, 1.165) is 42.1 Å². The fourth-order valence-electron chi connectivity index (χ4n) is 4.14. The van der Waals surface area contributed by atoms with Crippen molar-refractivity contribution in [3.05, 3.63) is 65.4 Å². The third-order valence-corrected chi connectivity index (χ3v) is 7.67. The van der Waals surface area contributed by atoms with E-state index in [9.17, 15) is 9.59 Å². The lowest BCUT2D eigenvalue weighted by Gasteiger charge is -2.32. The second-order valence-electron chi connectivity index (χ2n) is 8.43. The van der Waals surface area contributed by atoms with Gasteiger partial charge in [-0.25, -0.2) is 0 Å². The first-order chi connectivity index (χ1) is 13.9. The molecule has 6 heteroatoms. The summed E-state index contributed by atoms with van der Waals surface area (Å²) in [6.07, 6.45) is 3.44. The van der Waals surface area contributed by atoms with Crippen LogP contribution in [0.3, 0.4) is 0 Å². The number of furan rings is 1. The number of hydrogen-bond acceptors (Lipinski definition) is 4. The van der Waals surface area contributed by atoms with Gasteiger partial charge in [-0.15, -0.1) is 0 Å². The largest absolute Gasteiger partial charge is 0.463 e. The van der Waals surface area contributed by atoms with Crippen molar-refractivity contribution in [3.63, 3.8) is 0 Å². The molecule has 0 saturated carbocycles. The van der Waals surface area contributed by atoms with Crippen LogP contribution < -0.4 is 10.9 Å². The van der Waals surface area contributed by atoms with Crippen LogP contribution in [0.2, 0.25) is 13.1 Å². The lowest BCUT2D eigenvalue weighted by molar-refractivity contribution is 0.0714. The maximum Gasteiger partial charge on any atom is 0.257 e. The molecule has 0 unspecified atom stereocenters. The number of benzene rings is 2. The van der Waals surface area contributed by atoms with Gasteiger partial charge in [0.2, 0.25) is 8.32 Å². The van der Waals surface area contributed by atoms with E-state index in [1.165, 1.54) is 5.56 Å². The molecule has 4 rings (SSSR count). The van der Waals surface area contributed by atoms with Gasteiger partial charge in [-0.2, -0.15) is 0 Å². The number of likely N-dealkylation sites (tertiary alicyclic amines) is 1. The fourth-order valence-corrected chi connectivity index (χ4v) is 5.12. The molecule has 1 aromatic heterocycles. The molecule has 0 spiro atoms. The number of piperidine rings is 1. The number of fused-ring (bicyclic) bond motifs is 1. The molecule has 2 heterocycles. The molecule has 1 saturated heterocycles. The first-order valence-electron chi connectivity index (χ1n) is 10.2. The zero-order valence-electron chi connectivity index (χ0n) is 17.0. The lowest BCUT2D eigenvalue weighted by atomic mass is 9.88. The predicted octanol–water partition coefficient (Wildman–Crippen LogP) is 3.32. The molecule has 3 N–H and O–H groups in total. The highest BCUT2D eigenvalue weighted by atomic mass is 28.4. The van der Waals surface area contributed by atoms with Gasteiger partial charge in [0.1, 0.15) is 11.8 Å². The van der Waals surface area contributed by atoms with Crippen molar-refractivity contribution in [3.8, 4) is 0 Å². The Morgan fingerprint density at radius 1 is 1.21 bits per heavy atom. The van der Waals surface area contributed by atoms with Crippen molar-refractivity contribution in [1.29, 1.82) is 0 Å². The predicted molar refractivity (Wildman–Crippen MR) is 118 cm³/mol. The standard InChI is InChI=1S/C23H28N2O3Si/c1-29(2,27)19-6-7-22-20(13-19)21(15-28-22)23(26)25-10-8-17(9-11-25)18-5-3-4-16(12-18)14-24/h3-7,12-13,15,17,27H,8-11,14,24H2,1-2H3. The van der Waals surface area contributed by atoms with Gasteiger partial charge in [0.25, 0.3) is 5.91 Å². The summed E-state index contributed by atoms with van der Waals surface area (Å²) in [5, 5.41) is 1.69. The number of carbonyl (C=O) groups excluding carboxylic acids is 1. The van der Waals surface area contributed by atoms with Crippen LogP contribution in [0.15, 0.2) is 53.1 Å². The normalized spacial score (nSPS) is 15.8. The number of rotatable bonds is 4. The Morgan fingerprint density at radius 2 is 1.97 bits per heavy atom. The summed E-state index contributed by atoms with van der Waals surface area (Å²) >= 11 is 0. The number of carbonyl (C=O) groups is 1. The van der Waals surface area contributed by atoms with Crippen molar-refractivity contribution in [2.45, 2.75) is 38.4 Å². The average Bonchev–Trinajstić information content (AvgIpc) is 3.16. The molecule has 2 aromatic carbocycles. The van der Waals surface area contributed by atoms with Crippen LogP contribution in [-0.2, 0) is 6.54 Å². The van der Waals surface area contributed by atoms with Gasteiger partial charge in [-0.1, -0.05) is 30.3 Å². The molecule has 152 valence electrons. The average molecular weight is 409 g/mol. The summed E-state index contributed by atoms with van der Waals surface area (Å²) < 4.78 is 5.62. The molecular formula is C23H28N2O3Si. The van der Waals surface area contributed by atoms with E-state index in [1.807, 2.05) is 36.2 Å². The summed E-state index contributed by atoms with van der Waals surface area (Å²) in [6.45, 7) is 5.75. The highest BCUT2D eigenvalue weighted by Crippen LogP contribution is 2.30. The molecule has 0 bridgehead atoms. The van der Waals surface area contributed by atoms with E-state index < -0.39 is 8.32 Å². The monoisotopic (exact) mass is 408 g/mol. The summed E-state index contributed by atoms with van der Waals surface area (Å²) in [7, 11) is -2.45. The fraction of sp³-hybridized carbons (Fsp3) is 0.348. The summed E-state index contributed by atoms with van der Waals surface area (Å²) in [4.78, 5) is 25.5. The second kappa shape index (κ2) is 7.78. The van der Waals surface area contributed by atoms with Crippen LogP contribution in [0.25, 0.3) is 11.0 Å². The Balaban J connectivity index is 1.51. The van der Waals surface area contributed by atoms with Crippen molar-refractivity contribution < 1.29 is 14.0 Å². The molecule has 29 heavy (non-hydrogen) atoms. The van der Waals surface area contributed by atoms with E-state index in [0.29, 0.717) is 23.6 Å². The number of amides is 1. The van der Waals surface area contributed by atoms with Crippen molar-refractivity contribution in [2.24, 2.45) is 5.73 Å². The Labute approximate surface area is 172 Å². The first kappa shape index (κ1) is 19.9. The minimum atomic E-state index is -2.45. The quantitative estimate of drug-likeness (QED) is 0.649. The molecule has 5 nitrogen and oxygen atoms in total. The second-order valence-corrected chi connectivity index (χ2v) is 12.1. The summed E-state index contributed by atoms with van der Waals surface area (Å²) in [5.41, 5.74) is 9.51. The van der Waals surface area contributed by atoms with Gasteiger partial charge >= 0.3 is 0 Å². The summed E-state index contributed by atoms with van der Waals surface area (Å²) in [6, 6.07) is 14.1. The molecule has 1 amide bonds. The zero-order chi connectivity index (χ0) is 20.6. The summed E-state index contributed by atoms with van der Waals surface area (Å²) in [5.74, 6) is 0.465. The molecule has 1 aliphatic rings. The Kier molecular flexibility index (Phi) is 5.33.